The Kier molecular flexibility index (Phi) is 6.31. The molecular formula is C19H19ClN4O4S. The molecule has 1 aromatic heterocycles. The van der Waals surface area contributed by atoms with Crippen LogP contribution in [0.4, 0.5) is 0 Å². The first-order valence-electron chi connectivity index (χ1n) is 8.61. The molecular weight excluding hydrogens is 416 g/mol. The minimum absolute atomic E-state index is 0.0542. The van der Waals surface area contributed by atoms with Gasteiger partial charge in [-0.15, -0.1) is 0 Å². The van der Waals surface area contributed by atoms with Crippen molar-refractivity contribution in [2.45, 2.75) is 11.4 Å². The van der Waals surface area contributed by atoms with E-state index in [4.69, 9.17) is 16.1 Å². The first-order valence-corrected chi connectivity index (χ1v) is 10.4. The third-order valence-corrected chi connectivity index (χ3v) is 6.25. The first-order chi connectivity index (χ1) is 13.8. The summed E-state index contributed by atoms with van der Waals surface area (Å²) >= 11 is 5.87. The zero-order valence-corrected chi connectivity index (χ0v) is 17.4. The van der Waals surface area contributed by atoms with Gasteiger partial charge in [0, 0.05) is 24.7 Å². The van der Waals surface area contributed by atoms with Crippen LogP contribution in [0.2, 0.25) is 5.02 Å². The lowest BCUT2D eigenvalue weighted by Crippen LogP contribution is -2.39. The van der Waals surface area contributed by atoms with Crippen molar-refractivity contribution in [3.05, 3.63) is 65.5 Å². The molecule has 152 valence electrons. The SMILES string of the molecule is CN(Cc1nc(-c2ccc(Cl)cc2)no1)C(=O)CN(C)S(=O)(=O)c1ccccc1. The van der Waals surface area contributed by atoms with E-state index in [1.165, 1.54) is 31.1 Å². The zero-order chi connectivity index (χ0) is 21.0. The van der Waals surface area contributed by atoms with Crippen molar-refractivity contribution in [3.63, 3.8) is 0 Å². The molecule has 0 saturated heterocycles. The van der Waals surface area contributed by atoms with Crippen LogP contribution in [0, 0.1) is 0 Å². The monoisotopic (exact) mass is 434 g/mol. The smallest absolute Gasteiger partial charge is 0.246 e. The maximum Gasteiger partial charge on any atom is 0.246 e. The highest BCUT2D eigenvalue weighted by atomic mass is 35.5. The molecule has 3 rings (SSSR count). The van der Waals surface area contributed by atoms with Crippen LogP contribution in [0.25, 0.3) is 11.4 Å². The van der Waals surface area contributed by atoms with E-state index < -0.39 is 15.9 Å². The van der Waals surface area contributed by atoms with E-state index in [0.29, 0.717) is 10.8 Å². The number of amides is 1. The summed E-state index contributed by atoms with van der Waals surface area (Å²) in [5, 5.41) is 4.49. The molecule has 2 aromatic carbocycles. The van der Waals surface area contributed by atoms with E-state index in [1.54, 1.807) is 42.5 Å². The summed E-state index contributed by atoms with van der Waals surface area (Å²) in [6, 6.07) is 14.9. The second-order valence-corrected chi connectivity index (χ2v) is 8.82. The fourth-order valence-corrected chi connectivity index (χ4v) is 3.76. The number of rotatable bonds is 7. The minimum Gasteiger partial charge on any atom is -0.337 e. The highest BCUT2D eigenvalue weighted by molar-refractivity contribution is 7.89. The van der Waals surface area contributed by atoms with Gasteiger partial charge in [0.1, 0.15) is 0 Å². The molecule has 0 aliphatic heterocycles. The van der Waals surface area contributed by atoms with E-state index in [-0.39, 0.29) is 23.9 Å². The predicted molar refractivity (Wildman–Crippen MR) is 107 cm³/mol. The molecule has 8 nitrogen and oxygen atoms in total. The number of benzene rings is 2. The molecule has 0 radical (unpaired) electrons. The van der Waals surface area contributed by atoms with Crippen molar-refractivity contribution in [3.8, 4) is 11.4 Å². The fraction of sp³-hybridized carbons (Fsp3) is 0.211. The number of carbonyl (C=O) groups excluding carboxylic acids is 1. The highest BCUT2D eigenvalue weighted by Gasteiger charge is 2.24. The van der Waals surface area contributed by atoms with Crippen molar-refractivity contribution in [2.24, 2.45) is 0 Å². The third-order valence-electron chi connectivity index (χ3n) is 4.18. The largest absolute Gasteiger partial charge is 0.337 e. The van der Waals surface area contributed by atoms with Gasteiger partial charge in [-0.25, -0.2) is 8.42 Å². The summed E-state index contributed by atoms with van der Waals surface area (Å²) in [5.41, 5.74) is 0.729. The second-order valence-electron chi connectivity index (χ2n) is 6.34. The van der Waals surface area contributed by atoms with Crippen LogP contribution < -0.4 is 0 Å². The molecule has 1 heterocycles. The van der Waals surface area contributed by atoms with Crippen LogP contribution in [0.5, 0.6) is 0 Å². The highest BCUT2D eigenvalue weighted by Crippen LogP contribution is 2.19. The Morgan fingerprint density at radius 3 is 2.38 bits per heavy atom. The van der Waals surface area contributed by atoms with Gasteiger partial charge < -0.3 is 9.42 Å². The topological polar surface area (TPSA) is 96.6 Å². The zero-order valence-electron chi connectivity index (χ0n) is 15.8. The number of nitrogens with zero attached hydrogens (tertiary/aromatic N) is 4. The average molecular weight is 435 g/mol. The summed E-state index contributed by atoms with van der Waals surface area (Å²) in [6.45, 7) is -0.259. The Labute approximate surface area is 173 Å². The van der Waals surface area contributed by atoms with Gasteiger partial charge in [0.15, 0.2) is 0 Å². The molecule has 1 amide bonds. The minimum atomic E-state index is -3.75. The fourth-order valence-electron chi connectivity index (χ4n) is 2.49. The van der Waals surface area contributed by atoms with Gasteiger partial charge in [0.2, 0.25) is 27.6 Å². The van der Waals surface area contributed by atoms with Crippen molar-refractivity contribution in [2.75, 3.05) is 20.6 Å². The van der Waals surface area contributed by atoms with E-state index in [1.807, 2.05) is 0 Å². The van der Waals surface area contributed by atoms with Crippen molar-refractivity contribution in [1.82, 2.24) is 19.3 Å². The van der Waals surface area contributed by atoms with E-state index >= 15 is 0 Å². The van der Waals surface area contributed by atoms with Crippen molar-refractivity contribution in [1.29, 1.82) is 0 Å². The Hall–Kier alpha value is -2.75. The van der Waals surface area contributed by atoms with Gasteiger partial charge in [0.05, 0.1) is 18.0 Å². The summed E-state index contributed by atoms with van der Waals surface area (Å²) in [7, 11) is -0.853. The number of aromatic nitrogens is 2. The van der Waals surface area contributed by atoms with Gasteiger partial charge in [-0.2, -0.15) is 9.29 Å². The molecule has 0 aliphatic rings. The van der Waals surface area contributed by atoms with Crippen molar-refractivity contribution < 1.29 is 17.7 Å². The number of hydrogen-bond acceptors (Lipinski definition) is 6. The Balaban J connectivity index is 1.63. The molecule has 0 saturated carbocycles. The second kappa shape index (κ2) is 8.73. The van der Waals surface area contributed by atoms with Crippen LogP contribution in [0.15, 0.2) is 64.0 Å². The number of carbonyl (C=O) groups is 1. The van der Waals surface area contributed by atoms with Crippen LogP contribution in [-0.2, 0) is 21.4 Å². The first kappa shape index (κ1) is 21.0. The summed E-state index contributed by atoms with van der Waals surface area (Å²) < 4.78 is 31.3. The Morgan fingerprint density at radius 2 is 1.72 bits per heavy atom. The molecule has 0 aliphatic carbocycles. The van der Waals surface area contributed by atoms with Crippen molar-refractivity contribution >= 4 is 27.5 Å². The standard InChI is InChI=1S/C19H19ClN4O4S/c1-23(12-17-21-19(22-28-17)14-8-10-15(20)11-9-14)18(25)13-24(2)29(26,27)16-6-4-3-5-7-16/h3-11H,12-13H2,1-2H3. The van der Waals surface area contributed by atoms with Crippen LogP contribution in [0.1, 0.15) is 5.89 Å². The summed E-state index contributed by atoms with van der Waals surface area (Å²) in [4.78, 5) is 18.2. The Bertz CT molecular complexity index is 1080. The van der Waals surface area contributed by atoms with Gasteiger partial charge in [-0.05, 0) is 36.4 Å². The molecule has 0 N–H and O–H groups in total. The maximum absolute atomic E-state index is 12.5. The van der Waals surface area contributed by atoms with Gasteiger partial charge in [-0.1, -0.05) is 35.0 Å². The lowest BCUT2D eigenvalue weighted by atomic mass is 10.2. The number of sulfonamides is 1. The van der Waals surface area contributed by atoms with Crippen LogP contribution in [0.3, 0.4) is 0 Å². The van der Waals surface area contributed by atoms with Gasteiger partial charge in [0.25, 0.3) is 0 Å². The number of halogens is 1. The van der Waals surface area contributed by atoms with Crippen LogP contribution >= 0.6 is 11.6 Å². The average Bonchev–Trinajstić information content (AvgIpc) is 3.17. The lowest BCUT2D eigenvalue weighted by molar-refractivity contribution is -0.130. The molecule has 0 spiro atoms. The van der Waals surface area contributed by atoms with Gasteiger partial charge >= 0.3 is 0 Å². The molecule has 3 aromatic rings. The normalized spacial score (nSPS) is 11.6. The molecule has 0 fully saturated rings. The quantitative estimate of drug-likeness (QED) is 0.567. The lowest BCUT2D eigenvalue weighted by Gasteiger charge is -2.20. The summed E-state index contributed by atoms with van der Waals surface area (Å²) in [6.07, 6.45) is 0. The number of likely N-dealkylation sites (N-methyl/N-ethyl adjacent to an activating group) is 2. The Morgan fingerprint density at radius 1 is 1.07 bits per heavy atom. The molecule has 29 heavy (non-hydrogen) atoms. The molecule has 10 heteroatoms. The van der Waals surface area contributed by atoms with E-state index in [2.05, 4.69) is 10.1 Å². The molecule has 0 unspecified atom stereocenters. The van der Waals surface area contributed by atoms with Gasteiger partial charge in [-0.3, -0.25) is 4.79 Å². The summed E-state index contributed by atoms with van der Waals surface area (Å²) in [5.74, 6) is 0.207. The molecule has 0 bridgehead atoms. The van der Waals surface area contributed by atoms with E-state index in [0.717, 1.165) is 9.87 Å². The predicted octanol–water partition coefficient (Wildman–Crippen LogP) is 2.67. The van der Waals surface area contributed by atoms with Crippen LogP contribution in [-0.4, -0.2) is 54.3 Å². The third kappa shape index (κ3) is 5.00. The maximum atomic E-state index is 12.5. The van der Waals surface area contributed by atoms with E-state index in [9.17, 15) is 13.2 Å². The number of hydrogen-bond donors (Lipinski definition) is 0. The molecule has 0 atom stereocenters.